The molecule has 1 N–H and O–H groups in total. The van der Waals surface area contributed by atoms with Crippen LogP contribution in [0.2, 0.25) is 0 Å². The van der Waals surface area contributed by atoms with E-state index in [1.807, 2.05) is 27.7 Å². The molecule has 1 aliphatic heterocycles. The topological polar surface area (TPSA) is 66.5 Å². The summed E-state index contributed by atoms with van der Waals surface area (Å²) in [5.41, 5.74) is 0.232. The van der Waals surface area contributed by atoms with Crippen LogP contribution in [-0.2, 0) is 5.41 Å². The largest absolute Gasteiger partial charge is 0.351 e. The number of carbonyl (C=O) groups excluding carboxylic acids is 3. The molecule has 1 fully saturated rings. The number of imide groups is 1. The standard InChI is InChI=1S/C25H26F2N2O3/c1-14(2)11-29-22(31)17-7-5-15(9-18(17)23(29)32)21(30)28-13-25(12-24(25,3)4)19-8-6-16(26)10-20(19)27/h5-10,14H,11-13H2,1-4H3,(H,28,30). The van der Waals surface area contributed by atoms with Crippen LogP contribution in [0.3, 0.4) is 0 Å². The second-order valence-corrected chi connectivity index (χ2v) is 9.82. The molecule has 168 valence electrons. The third-order valence-corrected chi connectivity index (χ3v) is 6.69. The normalized spacial score (nSPS) is 21.2. The quantitative estimate of drug-likeness (QED) is 0.681. The van der Waals surface area contributed by atoms with Gasteiger partial charge in [0.15, 0.2) is 0 Å². The summed E-state index contributed by atoms with van der Waals surface area (Å²) in [7, 11) is 0. The fraction of sp³-hybridized carbons (Fsp3) is 0.400. The van der Waals surface area contributed by atoms with Gasteiger partial charge in [0.2, 0.25) is 0 Å². The summed E-state index contributed by atoms with van der Waals surface area (Å²) >= 11 is 0. The summed E-state index contributed by atoms with van der Waals surface area (Å²) in [6.07, 6.45) is 0.643. The monoisotopic (exact) mass is 440 g/mol. The molecule has 2 aromatic carbocycles. The number of fused-ring (bicyclic) bond motifs is 1. The van der Waals surface area contributed by atoms with Crippen LogP contribution in [0.25, 0.3) is 0 Å². The summed E-state index contributed by atoms with van der Waals surface area (Å²) in [4.78, 5) is 39.3. The smallest absolute Gasteiger partial charge is 0.261 e. The number of carbonyl (C=O) groups is 3. The van der Waals surface area contributed by atoms with Gasteiger partial charge in [-0.1, -0.05) is 33.8 Å². The predicted molar refractivity (Wildman–Crippen MR) is 115 cm³/mol. The first-order valence-electron chi connectivity index (χ1n) is 10.7. The zero-order valence-electron chi connectivity index (χ0n) is 18.6. The Balaban J connectivity index is 1.54. The predicted octanol–water partition coefficient (Wildman–Crippen LogP) is 4.31. The van der Waals surface area contributed by atoms with Crippen LogP contribution >= 0.6 is 0 Å². The minimum Gasteiger partial charge on any atom is -0.351 e. The van der Waals surface area contributed by atoms with Crippen molar-refractivity contribution in [3.05, 3.63) is 70.3 Å². The third kappa shape index (κ3) is 3.49. The van der Waals surface area contributed by atoms with Crippen LogP contribution in [0.4, 0.5) is 8.78 Å². The molecule has 5 nitrogen and oxygen atoms in total. The van der Waals surface area contributed by atoms with Crippen molar-refractivity contribution in [1.29, 1.82) is 0 Å². The Morgan fingerprint density at radius 1 is 1.06 bits per heavy atom. The summed E-state index contributed by atoms with van der Waals surface area (Å²) in [6.45, 7) is 8.28. The van der Waals surface area contributed by atoms with Crippen molar-refractivity contribution in [2.24, 2.45) is 11.3 Å². The summed E-state index contributed by atoms with van der Waals surface area (Å²) < 4.78 is 27.9. The van der Waals surface area contributed by atoms with E-state index in [4.69, 9.17) is 0 Å². The van der Waals surface area contributed by atoms with Gasteiger partial charge in [0, 0.05) is 30.1 Å². The van der Waals surface area contributed by atoms with Crippen LogP contribution in [0.5, 0.6) is 0 Å². The molecule has 32 heavy (non-hydrogen) atoms. The highest BCUT2D eigenvalue weighted by molar-refractivity contribution is 6.22. The minimum absolute atomic E-state index is 0.130. The average molecular weight is 440 g/mol. The van der Waals surface area contributed by atoms with E-state index in [1.165, 1.54) is 35.2 Å². The van der Waals surface area contributed by atoms with E-state index in [-0.39, 0.29) is 34.9 Å². The lowest BCUT2D eigenvalue weighted by molar-refractivity contribution is 0.0636. The highest BCUT2D eigenvalue weighted by Gasteiger charge is 2.62. The van der Waals surface area contributed by atoms with Gasteiger partial charge in [0.05, 0.1) is 11.1 Å². The molecule has 0 radical (unpaired) electrons. The molecule has 0 bridgehead atoms. The Morgan fingerprint density at radius 2 is 1.72 bits per heavy atom. The number of nitrogens with zero attached hydrogens (tertiary/aromatic N) is 1. The zero-order valence-corrected chi connectivity index (χ0v) is 18.6. The number of benzene rings is 2. The van der Waals surface area contributed by atoms with E-state index in [0.29, 0.717) is 24.1 Å². The van der Waals surface area contributed by atoms with Gasteiger partial charge in [-0.25, -0.2) is 8.78 Å². The Kier molecular flexibility index (Phi) is 5.18. The van der Waals surface area contributed by atoms with Crippen LogP contribution in [0.1, 0.15) is 70.8 Å². The van der Waals surface area contributed by atoms with Crippen molar-refractivity contribution >= 4 is 17.7 Å². The van der Waals surface area contributed by atoms with Gasteiger partial charge in [-0.3, -0.25) is 19.3 Å². The Hall–Kier alpha value is -3.09. The van der Waals surface area contributed by atoms with Gasteiger partial charge in [-0.2, -0.15) is 0 Å². The molecule has 1 atom stereocenters. The molecule has 1 heterocycles. The first-order valence-corrected chi connectivity index (χ1v) is 10.7. The van der Waals surface area contributed by atoms with Crippen LogP contribution in [-0.4, -0.2) is 35.7 Å². The summed E-state index contributed by atoms with van der Waals surface area (Å²) in [6, 6.07) is 7.98. The maximum absolute atomic E-state index is 14.5. The first kappa shape index (κ1) is 22.1. The van der Waals surface area contributed by atoms with E-state index in [1.54, 1.807) is 0 Å². The molecule has 0 aromatic heterocycles. The van der Waals surface area contributed by atoms with Gasteiger partial charge in [-0.05, 0) is 47.6 Å². The van der Waals surface area contributed by atoms with Gasteiger partial charge in [0.1, 0.15) is 11.6 Å². The number of hydrogen-bond donors (Lipinski definition) is 1. The van der Waals surface area contributed by atoms with E-state index >= 15 is 0 Å². The molecule has 1 saturated carbocycles. The lowest BCUT2D eigenvalue weighted by Gasteiger charge is -2.22. The molecule has 7 heteroatoms. The SMILES string of the molecule is CC(C)CN1C(=O)c2ccc(C(=O)NCC3(c4ccc(F)cc4F)CC3(C)C)cc2C1=O. The second kappa shape index (κ2) is 7.50. The molecule has 3 amide bonds. The van der Waals surface area contributed by atoms with Gasteiger partial charge in [-0.15, -0.1) is 0 Å². The average Bonchev–Trinajstić information content (AvgIpc) is 3.21. The first-order chi connectivity index (χ1) is 15.0. The molecular weight excluding hydrogens is 414 g/mol. The number of hydrogen-bond acceptors (Lipinski definition) is 3. The number of rotatable bonds is 6. The molecule has 2 aromatic rings. The van der Waals surface area contributed by atoms with E-state index < -0.39 is 28.9 Å². The highest BCUT2D eigenvalue weighted by Crippen LogP contribution is 2.64. The highest BCUT2D eigenvalue weighted by atomic mass is 19.1. The van der Waals surface area contributed by atoms with Crippen LogP contribution < -0.4 is 5.32 Å². The van der Waals surface area contributed by atoms with E-state index in [9.17, 15) is 23.2 Å². The minimum atomic E-state index is -0.646. The molecule has 2 aliphatic rings. The van der Waals surface area contributed by atoms with Crippen molar-refractivity contribution in [3.8, 4) is 0 Å². The van der Waals surface area contributed by atoms with E-state index in [0.717, 1.165) is 6.07 Å². The molecular formula is C25H26F2N2O3. The van der Waals surface area contributed by atoms with E-state index in [2.05, 4.69) is 5.32 Å². The lowest BCUT2D eigenvalue weighted by atomic mass is 9.87. The second-order valence-electron chi connectivity index (χ2n) is 9.82. The van der Waals surface area contributed by atoms with Crippen LogP contribution in [0, 0.1) is 23.0 Å². The molecule has 4 rings (SSSR count). The maximum Gasteiger partial charge on any atom is 0.261 e. The number of halogens is 2. The van der Waals surface area contributed by atoms with Gasteiger partial charge < -0.3 is 5.32 Å². The van der Waals surface area contributed by atoms with Gasteiger partial charge >= 0.3 is 0 Å². The number of nitrogens with one attached hydrogen (secondary N) is 1. The molecule has 0 spiro atoms. The lowest BCUT2D eigenvalue weighted by Crippen LogP contribution is -2.35. The fourth-order valence-electron chi connectivity index (χ4n) is 4.74. The number of amides is 3. The van der Waals surface area contributed by atoms with Crippen molar-refractivity contribution in [1.82, 2.24) is 10.2 Å². The summed E-state index contributed by atoms with van der Waals surface area (Å²) in [5, 5.41) is 2.85. The van der Waals surface area contributed by atoms with Crippen molar-refractivity contribution in [3.63, 3.8) is 0 Å². The third-order valence-electron chi connectivity index (χ3n) is 6.69. The molecule has 1 unspecified atom stereocenters. The van der Waals surface area contributed by atoms with Crippen LogP contribution in [0.15, 0.2) is 36.4 Å². The Labute approximate surface area is 185 Å². The van der Waals surface area contributed by atoms with Gasteiger partial charge in [0.25, 0.3) is 17.7 Å². The Bertz CT molecular complexity index is 1140. The van der Waals surface area contributed by atoms with Crippen molar-refractivity contribution in [2.45, 2.75) is 39.5 Å². The van der Waals surface area contributed by atoms with Crippen molar-refractivity contribution < 1.29 is 23.2 Å². The molecule has 0 saturated heterocycles. The zero-order chi connectivity index (χ0) is 23.4. The fourth-order valence-corrected chi connectivity index (χ4v) is 4.74. The maximum atomic E-state index is 14.5. The Morgan fingerprint density at radius 3 is 2.31 bits per heavy atom. The molecule has 1 aliphatic carbocycles. The van der Waals surface area contributed by atoms with Crippen molar-refractivity contribution in [2.75, 3.05) is 13.1 Å². The summed E-state index contributed by atoms with van der Waals surface area (Å²) in [5.74, 6) is -2.31.